The van der Waals surface area contributed by atoms with Gasteiger partial charge >= 0.3 is 12.0 Å². The van der Waals surface area contributed by atoms with E-state index in [9.17, 15) is 9.59 Å². The minimum absolute atomic E-state index is 0.0974. The minimum atomic E-state index is -0.935. The van der Waals surface area contributed by atoms with Gasteiger partial charge in [-0.3, -0.25) is 4.79 Å². The second-order valence-corrected chi connectivity index (χ2v) is 5.12. The van der Waals surface area contributed by atoms with E-state index >= 15 is 0 Å². The van der Waals surface area contributed by atoms with Crippen LogP contribution in [0.5, 0.6) is 0 Å². The molecule has 5 heteroatoms. The Balaban J connectivity index is 2.80. The van der Waals surface area contributed by atoms with E-state index in [1.54, 1.807) is 9.80 Å². The van der Waals surface area contributed by atoms with Gasteiger partial charge in [0.25, 0.3) is 0 Å². The fraction of sp³-hybridized carbons (Fsp3) is 0.846. The van der Waals surface area contributed by atoms with E-state index in [-0.39, 0.29) is 24.7 Å². The first-order valence-electron chi connectivity index (χ1n) is 6.76. The van der Waals surface area contributed by atoms with E-state index in [1.165, 1.54) is 0 Å². The van der Waals surface area contributed by atoms with Gasteiger partial charge in [-0.2, -0.15) is 0 Å². The quantitative estimate of drug-likeness (QED) is 0.820. The molecule has 1 aliphatic carbocycles. The Hall–Kier alpha value is -1.26. The number of urea groups is 1. The largest absolute Gasteiger partial charge is 0.480 e. The molecule has 0 heterocycles. The normalized spacial score (nSPS) is 16.0. The third-order valence-electron chi connectivity index (χ3n) is 3.53. The maximum absolute atomic E-state index is 12.4. The lowest BCUT2D eigenvalue weighted by Crippen LogP contribution is -2.51. The van der Waals surface area contributed by atoms with E-state index in [4.69, 9.17) is 5.11 Å². The second-order valence-electron chi connectivity index (χ2n) is 5.12. The van der Waals surface area contributed by atoms with Crippen molar-refractivity contribution < 1.29 is 14.7 Å². The summed E-state index contributed by atoms with van der Waals surface area (Å²) >= 11 is 0. The summed E-state index contributed by atoms with van der Waals surface area (Å²) < 4.78 is 0. The molecule has 0 radical (unpaired) electrons. The van der Waals surface area contributed by atoms with Crippen molar-refractivity contribution in [2.45, 2.75) is 58.5 Å². The Morgan fingerprint density at radius 1 is 1.28 bits per heavy atom. The topological polar surface area (TPSA) is 60.9 Å². The van der Waals surface area contributed by atoms with Gasteiger partial charge in [0, 0.05) is 18.6 Å². The zero-order chi connectivity index (χ0) is 13.7. The molecule has 0 aliphatic heterocycles. The van der Waals surface area contributed by atoms with Gasteiger partial charge in [0.15, 0.2) is 0 Å². The number of amides is 2. The highest BCUT2D eigenvalue weighted by molar-refractivity contribution is 5.80. The highest BCUT2D eigenvalue weighted by Crippen LogP contribution is 2.24. The number of nitrogens with zero attached hydrogens (tertiary/aromatic N) is 2. The molecular formula is C13H24N2O3. The maximum Gasteiger partial charge on any atom is 0.323 e. The fourth-order valence-electron chi connectivity index (χ4n) is 2.60. The van der Waals surface area contributed by atoms with Gasteiger partial charge in [0.2, 0.25) is 0 Å². The average molecular weight is 256 g/mol. The third kappa shape index (κ3) is 3.62. The Bertz CT molecular complexity index is 299. The van der Waals surface area contributed by atoms with Gasteiger partial charge in [-0.1, -0.05) is 12.8 Å². The predicted octanol–water partition coefficient (Wildman–Crippen LogP) is 2.17. The molecule has 0 saturated heterocycles. The zero-order valence-electron chi connectivity index (χ0n) is 11.6. The Morgan fingerprint density at radius 3 is 2.22 bits per heavy atom. The number of hydrogen-bond acceptors (Lipinski definition) is 2. The summed E-state index contributed by atoms with van der Waals surface area (Å²) in [5.74, 6) is -0.935. The highest BCUT2D eigenvalue weighted by atomic mass is 16.4. The number of carbonyl (C=O) groups excluding carboxylic acids is 1. The van der Waals surface area contributed by atoms with Crippen molar-refractivity contribution >= 4 is 12.0 Å². The van der Waals surface area contributed by atoms with Gasteiger partial charge in [-0.25, -0.2) is 4.79 Å². The summed E-state index contributed by atoms with van der Waals surface area (Å²) in [4.78, 5) is 26.6. The molecule has 1 saturated carbocycles. The minimum Gasteiger partial charge on any atom is -0.480 e. The van der Waals surface area contributed by atoms with Crippen LogP contribution in [0.4, 0.5) is 4.79 Å². The molecule has 0 aromatic heterocycles. The standard InChI is InChI=1S/C13H24N2O3/c1-4-14(10(2)3)13(18)15(9-12(16)17)11-7-5-6-8-11/h10-11H,4-9H2,1-3H3,(H,16,17). The number of carboxylic acid groups (broad SMARTS) is 1. The third-order valence-corrected chi connectivity index (χ3v) is 3.53. The average Bonchev–Trinajstić information content (AvgIpc) is 2.79. The van der Waals surface area contributed by atoms with Crippen LogP contribution >= 0.6 is 0 Å². The Morgan fingerprint density at radius 2 is 1.83 bits per heavy atom. The number of aliphatic carboxylic acids is 1. The molecule has 1 N–H and O–H groups in total. The van der Waals surface area contributed by atoms with Crippen molar-refractivity contribution in [3.63, 3.8) is 0 Å². The van der Waals surface area contributed by atoms with Gasteiger partial charge < -0.3 is 14.9 Å². The summed E-state index contributed by atoms with van der Waals surface area (Å²) in [5.41, 5.74) is 0. The maximum atomic E-state index is 12.4. The van der Waals surface area contributed by atoms with Crippen LogP contribution in [0.15, 0.2) is 0 Å². The van der Waals surface area contributed by atoms with E-state index in [2.05, 4.69) is 0 Å². The van der Waals surface area contributed by atoms with Crippen LogP contribution in [-0.2, 0) is 4.79 Å². The van der Waals surface area contributed by atoms with Crippen molar-refractivity contribution in [1.29, 1.82) is 0 Å². The summed E-state index contributed by atoms with van der Waals surface area (Å²) in [6.45, 7) is 6.25. The molecule has 1 fully saturated rings. The lowest BCUT2D eigenvalue weighted by atomic mass is 10.2. The van der Waals surface area contributed by atoms with Crippen LogP contribution in [0.2, 0.25) is 0 Å². The van der Waals surface area contributed by atoms with Gasteiger partial charge in [-0.15, -0.1) is 0 Å². The fourth-order valence-corrected chi connectivity index (χ4v) is 2.60. The molecule has 0 aromatic rings. The van der Waals surface area contributed by atoms with E-state index in [0.29, 0.717) is 6.54 Å². The number of hydrogen-bond donors (Lipinski definition) is 1. The van der Waals surface area contributed by atoms with Crippen LogP contribution in [0, 0.1) is 0 Å². The smallest absolute Gasteiger partial charge is 0.323 e. The SMILES string of the molecule is CCN(C(=O)N(CC(=O)O)C1CCCC1)C(C)C. The van der Waals surface area contributed by atoms with E-state index in [0.717, 1.165) is 25.7 Å². The van der Waals surface area contributed by atoms with Crippen molar-refractivity contribution in [3.8, 4) is 0 Å². The number of carboxylic acids is 1. The van der Waals surface area contributed by atoms with Crippen LogP contribution in [0.1, 0.15) is 46.5 Å². The molecule has 1 rings (SSSR count). The lowest BCUT2D eigenvalue weighted by Gasteiger charge is -2.35. The van der Waals surface area contributed by atoms with Crippen LogP contribution < -0.4 is 0 Å². The van der Waals surface area contributed by atoms with Crippen molar-refractivity contribution in [2.75, 3.05) is 13.1 Å². The Kier molecular flexibility index (Phi) is 5.44. The second kappa shape index (κ2) is 6.61. The molecule has 0 atom stereocenters. The number of rotatable bonds is 5. The molecule has 1 aliphatic rings. The lowest BCUT2D eigenvalue weighted by molar-refractivity contribution is -0.138. The zero-order valence-corrected chi connectivity index (χ0v) is 11.6. The van der Waals surface area contributed by atoms with Crippen LogP contribution in [0.3, 0.4) is 0 Å². The van der Waals surface area contributed by atoms with Crippen LogP contribution in [0.25, 0.3) is 0 Å². The molecule has 18 heavy (non-hydrogen) atoms. The number of carbonyl (C=O) groups is 2. The molecule has 0 spiro atoms. The molecule has 2 amide bonds. The summed E-state index contributed by atoms with van der Waals surface area (Å²) in [6.07, 6.45) is 4.02. The molecule has 104 valence electrons. The monoisotopic (exact) mass is 256 g/mol. The molecule has 5 nitrogen and oxygen atoms in total. The first-order valence-corrected chi connectivity index (χ1v) is 6.76. The van der Waals surface area contributed by atoms with Crippen molar-refractivity contribution in [2.24, 2.45) is 0 Å². The first kappa shape index (κ1) is 14.8. The summed E-state index contributed by atoms with van der Waals surface area (Å²) in [7, 11) is 0. The van der Waals surface area contributed by atoms with Gasteiger partial charge in [0.1, 0.15) is 6.54 Å². The van der Waals surface area contributed by atoms with Crippen LogP contribution in [-0.4, -0.2) is 52.1 Å². The summed E-state index contributed by atoms with van der Waals surface area (Å²) in [5, 5.41) is 8.97. The summed E-state index contributed by atoms with van der Waals surface area (Å²) in [6, 6.07) is 0.0587. The van der Waals surface area contributed by atoms with Crippen molar-refractivity contribution in [1.82, 2.24) is 9.80 Å². The molecule has 0 unspecified atom stereocenters. The van der Waals surface area contributed by atoms with E-state index < -0.39 is 5.97 Å². The van der Waals surface area contributed by atoms with Gasteiger partial charge in [0.05, 0.1) is 0 Å². The van der Waals surface area contributed by atoms with Crippen molar-refractivity contribution in [3.05, 3.63) is 0 Å². The highest BCUT2D eigenvalue weighted by Gasteiger charge is 2.31. The molecule has 0 bridgehead atoms. The van der Waals surface area contributed by atoms with E-state index in [1.807, 2.05) is 20.8 Å². The van der Waals surface area contributed by atoms with Gasteiger partial charge in [-0.05, 0) is 33.6 Å². The Labute approximate surface area is 109 Å². The first-order chi connectivity index (χ1) is 8.47. The predicted molar refractivity (Wildman–Crippen MR) is 69.5 cm³/mol. The molecule has 0 aromatic carbocycles. The molecular weight excluding hydrogens is 232 g/mol.